The molecule has 1 atom stereocenters. The Labute approximate surface area is 199 Å². The number of aromatic nitrogens is 2. The zero-order valence-electron chi connectivity index (χ0n) is 19.4. The molecule has 0 radical (unpaired) electrons. The fraction of sp³-hybridized carbons (Fsp3) is 0.259. The zero-order valence-corrected chi connectivity index (χ0v) is 20.1. The van der Waals surface area contributed by atoms with Crippen LogP contribution in [-0.4, -0.2) is 22.1 Å². The molecular formula is C27H28ClN3O2. The first-order chi connectivity index (χ1) is 15.8. The maximum absolute atomic E-state index is 12.6. The number of para-hydroxylation sites is 2. The number of ether oxygens (including phenoxy) is 1. The van der Waals surface area contributed by atoms with Crippen LogP contribution in [0.3, 0.4) is 0 Å². The average Bonchev–Trinajstić information content (AvgIpc) is 3.14. The number of hydrogen-bond acceptors (Lipinski definition) is 3. The molecule has 170 valence electrons. The Morgan fingerprint density at radius 2 is 1.73 bits per heavy atom. The van der Waals surface area contributed by atoms with E-state index in [1.165, 1.54) is 22.3 Å². The molecule has 0 saturated carbocycles. The minimum atomic E-state index is -0.287. The maximum Gasteiger partial charge on any atom is 0.258 e. The quantitative estimate of drug-likeness (QED) is 0.371. The Kier molecular flexibility index (Phi) is 6.70. The topological polar surface area (TPSA) is 56.2 Å². The predicted molar refractivity (Wildman–Crippen MR) is 133 cm³/mol. The van der Waals surface area contributed by atoms with Gasteiger partial charge in [0.1, 0.15) is 11.6 Å². The summed E-state index contributed by atoms with van der Waals surface area (Å²) in [5.74, 6) is 1.20. The SMILES string of the molecule is Cc1cc(C)c(Cn2c(C(C)NC(=O)COc3ccc(Cl)cc3)nc3ccccc32)c(C)c1. The molecule has 1 aromatic heterocycles. The predicted octanol–water partition coefficient (Wildman–Crippen LogP) is 5.92. The number of carbonyl (C=O) groups is 1. The summed E-state index contributed by atoms with van der Waals surface area (Å²) < 4.78 is 7.79. The summed E-state index contributed by atoms with van der Waals surface area (Å²) >= 11 is 5.90. The van der Waals surface area contributed by atoms with E-state index in [0.717, 1.165) is 16.9 Å². The molecule has 1 N–H and O–H groups in total. The van der Waals surface area contributed by atoms with Gasteiger partial charge in [0.05, 0.1) is 17.1 Å². The van der Waals surface area contributed by atoms with Crippen LogP contribution in [0.15, 0.2) is 60.7 Å². The largest absolute Gasteiger partial charge is 0.484 e. The minimum absolute atomic E-state index is 0.0810. The van der Waals surface area contributed by atoms with E-state index in [4.69, 9.17) is 21.3 Å². The molecule has 1 heterocycles. The van der Waals surface area contributed by atoms with Gasteiger partial charge in [0, 0.05) is 11.6 Å². The van der Waals surface area contributed by atoms with Crippen molar-refractivity contribution >= 4 is 28.5 Å². The van der Waals surface area contributed by atoms with Crippen LogP contribution in [0.1, 0.15) is 41.0 Å². The summed E-state index contributed by atoms with van der Waals surface area (Å²) in [7, 11) is 0. The van der Waals surface area contributed by atoms with E-state index in [1.54, 1.807) is 24.3 Å². The Morgan fingerprint density at radius 1 is 1.06 bits per heavy atom. The Hall–Kier alpha value is -3.31. The highest BCUT2D eigenvalue weighted by molar-refractivity contribution is 6.30. The monoisotopic (exact) mass is 461 g/mol. The van der Waals surface area contributed by atoms with Crippen molar-refractivity contribution in [3.05, 3.63) is 93.8 Å². The van der Waals surface area contributed by atoms with E-state index < -0.39 is 0 Å². The number of imidazole rings is 1. The van der Waals surface area contributed by atoms with E-state index in [-0.39, 0.29) is 18.6 Å². The van der Waals surface area contributed by atoms with E-state index >= 15 is 0 Å². The van der Waals surface area contributed by atoms with Crippen molar-refractivity contribution in [3.8, 4) is 5.75 Å². The summed E-state index contributed by atoms with van der Waals surface area (Å²) in [5.41, 5.74) is 6.99. The molecule has 5 nitrogen and oxygen atoms in total. The third-order valence-corrected chi connectivity index (χ3v) is 6.04. The van der Waals surface area contributed by atoms with Crippen molar-refractivity contribution < 1.29 is 9.53 Å². The van der Waals surface area contributed by atoms with Crippen molar-refractivity contribution in [1.82, 2.24) is 14.9 Å². The number of carbonyl (C=O) groups excluding carboxylic acids is 1. The standard InChI is InChI=1S/C27H28ClN3O2/c1-17-13-18(2)23(19(3)14-17)15-31-25-8-6-5-7-24(25)30-27(31)20(4)29-26(32)16-33-22-11-9-21(28)10-12-22/h5-14,20H,15-16H2,1-4H3,(H,29,32). The molecule has 4 aromatic rings. The van der Waals surface area contributed by atoms with Crippen LogP contribution in [0, 0.1) is 20.8 Å². The fourth-order valence-corrected chi connectivity index (χ4v) is 4.36. The van der Waals surface area contributed by atoms with Crippen molar-refractivity contribution in [1.29, 1.82) is 0 Å². The van der Waals surface area contributed by atoms with Gasteiger partial charge >= 0.3 is 0 Å². The molecule has 0 fully saturated rings. The molecule has 0 bridgehead atoms. The molecule has 0 spiro atoms. The molecule has 4 rings (SSSR count). The maximum atomic E-state index is 12.6. The third kappa shape index (κ3) is 5.20. The summed E-state index contributed by atoms with van der Waals surface area (Å²) in [6.45, 7) is 8.97. The van der Waals surface area contributed by atoms with Gasteiger partial charge in [-0.15, -0.1) is 0 Å². The molecular weight excluding hydrogens is 434 g/mol. The summed E-state index contributed by atoms with van der Waals surface area (Å²) in [4.78, 5) is 17.5. The van der Waals surface area contributed by atoms with Crippen LogP contribution in [0.25, 0.3) is 11.0 Å². The number of hydrogen-bond donors (Lipinski definition) is 1. The van der Waals surface area contributed by atoms with E-state index in [0.29, 0.717) is 17.3 Å². The van der Waals surface area contributed by atoms with E-state index in [1.807, 2.05) is 25.1 Å². The second-order valence-electron chi connectivity index (χ2n) is 8.45. The molecule has 0 aliphatic rings. The van der Waals surface area contributed by atoms with E-state index in [2.05, 4.69) is 48.9 Å². The number of halogens is 1. The third-order valence-electron chi connectivity index (χ3n) is 5.79. The van der Waals surface area contributed by atoms with Crippen molar-refractivity contribution in [2.24, 2.45) is 0 Å². The van der Waals surface area contributed by atoms with Crippen molar-refractivity contribution in [2.75, 3.05) is 6.61 Å². The number of nitrogens with one attached hydrogen (secondary N) is 1. The van der Waals surface area contributed by atoms with Crippen LogP contribution in [0.2, 0.25) is 5.02 Å². The van der Waals surface area contributed by atoms with Gasteiger partial charge in [0.2, 0.25) is 0 Å². The molecule has 1 unspecified atom stereocenters. The number of benzene rings is 3. The van der Waals surface area contributed by atoms with Crippen LogP contribution in [0.5, 0.6) is 5.75 Å². The Balaban J connectivity index is 1.57. The van der Waals surface area contributed by atoms with Gasteiger partial charge in [-0.1, -0.05) is 41.4 Å². The first-order valence-electron chi connectivity index (χ1n) is 11.0. The first-order valence-corrected chi connectivity index (χ1v) is 11.4. The summed E-state index contributed by atoms with van der Waals surface area (Å²) in [6, 6.07) is 19.1. The lowest BCUT2D eigenvalue weighted by molar-refractivity contribution is -0.123. The van der Waals surface area contributed by atoms with Gasteiger partial charge in [-0.3, -0.25) is 4.79 Å². The molecule has 3 aromatic carbocycles. The minimum Gasteiger partial charge on any atom is -0.484 e. The lowest BCUT2D eigenvalue weighted by Crippen LogP contribution is -2.32. The molecule has 0 aliphatic heterocycles. The molecule has 6 heteroatoms. The Bertz CT molecular complexity index is 1270. The van der Waals surface area contributed by atoms with Crippen molar-refractivity contribution in [3.63, 3.8) is 0 Å². The first kappa shape index (κ1) is 22.9. The summed E-state index contributed by atoms with van der Waals surface area (Å²) in [6.07, 6.45) is 0. The second kappa shape index (κ2) is 9.67. The number of fused-ring (bicyclic) bond motifs is 1. The second-order valence-corrected chi connectivity index (χ2v) is 8.89. The molecule has 33 heavy (non-hydrogen) atoms. The average molecular weight is 462 g/mol. The number of rotatable bonds is 7. The van der Waals surface area contributed by atoms with Crippen molar-refractivity contribution in [2.45, 2.75) is 40.3 Å². The number of aryl methyl sites for hydroxylation is 3. The van der Waals surface area contributed by atoms with Gasteiger partial charge in [0.15, 0.2) is 6.61 Å². The summed E-state index contributed by atoms with van der Waals surface area (Å²) in [5, 5.41) is 3.65. The fourth-order valence-electron chi connectivity index (χ4n) is 4.24. The van der Waals surface area contributed by atoms with Gasteiger partial charge in [-0.2, -0.15) is 0 Å². The smallest absolute Gasteiger partial charge is 0.258 e. The van der Waals surface area contributed by atoms with Crippen LogP contribution < -0.4 is 10.1 Å². The van der Waals surface area contributed by atoms with Gasteiger partial charge in [-0.25, -0.2) is 4.98 Å². The molecule has 1 amide bonds. The molecule has 0 saturated heterocycles. The normalized spacial score (nSPS) is 12.0. The number of nitrogens with zero attached hydrogens (tertiary/aromatic N) is 2. The van der Waals surface area contributed by atoms with Gasteiger partial charge < -0.3 is 14.6 Å². The van der Waals surface area contributed by atoms with Gasteiger partial charge in [-0.05, 0) is 80.8 Å². The van der Waals surface area contributed by atoms with Crippen LogP contribution in [-0.2, 0) is 11.3 Å². The molecule has 0 aliphatic carbocycles. The lowest BCUT2D eigenvalue weighted by atomic mass is 9.99. The van der Waals surface area contributed by atoms with Crippen LogP contribution in [0.4, 0.5) is 0 Å². The van der Waals surface area contributed by atoms with Gasteiger partial charge in [0.25, 0.3) is 5.91 Å². The zero-order chi connectivity index (χ0) is 23.5. The lowest BCUT2D eigenvalue weighted by Gasteiger charge is -2.19. The Morgan fingerprint density at radius 3 is 2.42 bits per heavy atom. The number of amides is 1. The van der Waals surface area contributed by atoms with E-state index in [9.17, 15) is 4.79 Å². The highest BCUT2D eigenvalue weighted by Crippen LogP contribution is 2.25. The van der Waals surface area contributed by atoms with Crippen LogP contribution >= 0.6 is 11.6 Å². The highest BCUT2D eigenvalue weighted by Gasteiger charge is 2.20. The highest BCUT2D eigenvalue weighted by atomic mass is 35.5.